The van der Waals surface area contributed by atoms with E-state index in [4.69, 9.17) is 15.5 Å². The molecule has 1 saturated carbocycles. The maximum absolute atomic E-state index is 6.18. The van der Waals surface area contributed by atoms with E-state index in [0.29, 0.717) is 11.7 Å². The summed E-state index contributed by atoms with van der Waals surface area (Å²) in [5.74, 6) is 1.74. The Morgan fingerprint density at radius 2 is 1.70 bits per heavy atom. The van der Waals surface area contributed by atoms with Gasteiger partial charge in [0.15, 0.2) is 5.82 Å². The molecule has 1 aliphatic rings. The normalized spacial score (nSPS) is 19.1. The first-order chi connectivity index (χ1) is 9.50. The number of rotatable bonds is 3. The number of ether oxygens (including phenoxy) is 1. The van der Waals surface area contributed by atoms with E-state index in [1.54, 1.807) is 7.11 Å². The molecule has 2 rings (SSSR count). The van der Waals surface area contributed by atoms with Gasteiger partial charge in [0.2, 0.25) is 0 Å². The average Bonchev–Trinajstić information content (AvgIpc) is 2.63. The Morgan fingerprint density at radius 3 is 2.15 bits per heavy atom. The van der Waals surface area contributed by atoms with Crippen molar-refractivity contribution in [3.05, 3.63) is 17.1 Å². The van der Waals surface area contributed by atoms with Crippen LogP contribution in [0.1, 0.15) is 75.4 Å². The maximum atomic E-state index is 6.18. The fraction of sp³-hybridized carbons (Fsp3) is 0.750. The summed E-state index contributed by atoms with van der Waals surface area (Å²) in [5, 5.41) is 0. The Morgan fingerprint density at radius 1 is 1.10 bits per heavy atom. The zero-order valence-electron chi connectivity index (χ0n) is 13.2. The van der Waals surface area contributed by atoms with Crippen LogP contribution in [0.2, 0.25) is 0 Å². The zero-order valence-corrected chi connectivity index (χ0v) is 13.2. The number of nitrogens with zero attached hydrogens (tertiary/aromatic N) is 2. The highest BCUT2D eigenvalue weighted by Gasteiger charge is 2.36. The molecule has 1 fully saturated rings. The summed E-state index contributed by atoms with van der Waals surface area (Å²) in [7, 11) is 1.77. The van der Waals surface area contributed by atoms with Crippen molar-refractivity contribution in [2.45, 2.75) is 70.8 Å². The van der Waals surface area contributed by atoms with E-state index in [2.05, 4.69) is 18.8 Å². The molecule has 0 saturated heterocycles. The van der Waals surface area contributed by atoms with Gasteiger partial charge in [-0.1, -0.05) is 39.5 Å². The van der Waals surface area contributed by atoms with Crippen LogP contribution in [0.4, 0.5) is 5.82 Å². The molecule has 2 N–H and O–H groups in total. The zero-order chi connectivity index (χ0) is 14.8. The Bertz CT molecular complexity index is 440. The molecule has 0 amide bonds. The lowest BCUT2D eigenvalue weighted by Gasteiger charge is -2.30. The van der Waals surface area contributed by atoms with E-state index in [-0.39, 0.29) is 5.60 Å². The Balaban J connectivity index is 2.45. The van der Waals surface area contributed by atoms with Crippen molar-refractivity contribution in [1.82, 2.24) is 9.97 Å². The van der Waals surface area contributed by atoms with Crippen molar-refractivity contribution in [3.63, 3.8) is 0 Å². The van der Waals surface area contributed by atoms with Gasteiger partial charge < -0.3 is 10.5 Å². The third-order valence-corrected chi connectivity index (χ3v) is 4.45. The highest BCUT2D eigenvalue weighted by molar-refractivity contribution is 5.44. The molecule has 0 unspecified atom stereocenters. The molecule has 0 bridgehead atoms. The number of nitrogen functional groups attached to an aromatic ring is 1. The second-order valence-corrected chi connectivity index (χ2v) is 6.20. The van der Waals surface area contributed by atoms with E-state index in [0.717, 1.165) is 29.9 Å². The van der Waals surface area contributed by atoms with Gasteiger partial charge in [-0.2, -0.15) is 0 Å². The third kappa shape index (κ3) is 2.80. The van der Waals surface area contributed by atoms with Crippen LogP contribution in [0, 0.1) is 6.92 Å². The predicted molar refractivity (Wildman–Crippen MR) is 81.7 cm³/mol. The Hall–Kier alpha value is -1.16. The highest BCUT2D eigenvalue weighted by atomic mass is 16.5. The summed E-state index contributed by atoms with van der Waals surface area (Å²) in [4.78, 5) is 9.35. The van der Waals surface area contributed by atoms with Crippen molar-refractivity contribution in [2.75, 3.05) is 12.8 Å². The lowest BCUT2D eigenvalue weighted by atomic mass is 9.92. The third-order valence-electron chi connectivity index (χ3n) is 4.45. The van der Waals surface area contributed by atoms with Crippen LogP contribution in [-0.2, 0) is 10.3 Å². The molecule has 112 valence electrons. The molecule has 0 spiro atoms. The van der Waals surface area contributed by atoms with Gasteiger partial charge in [0.25, 0.3) is 0 Å². The molecule has 1 aromatic rings. The fourth-order valence-electron chi connectivity index (χ4n) is 3.34. The smallest absolute Gasteiger partial charge is 0.162 e. The summed E-state index contributed by atoms with van der Waals surface area (Å²) in [6, 6.07) is 0. The largest absolute Gasteiger partial charge is 0.383 e. The number of hydrogen-bond acceptors (Lipinski definition) is 4. The highest BCUT2D eigenvalue weighted by Crippen LogP contribution is 2.38. The van der Waals surface area contributed by atoms with E-state index < -0.39 is 0 Å². The molecule has 1 aliphatic carbocycles. The van der Waals surface area contributed by atoms with Gasteiger partial charge >= 0.3 is 0 Å². The van der Waals surface area contributed by atoms with Crippen LogP contribution in [0.15, 0.2) is 0 Å². The standard InChI is InChI=1S/C16H27N3O/c1-11(2)13-12(3)18-15(19-14(13)17)16(20-4)9-7-5-6-8-10-16/h11H,5-10H2,1-4H3,(H2,17,18,19). The maximum Gasteiger partial charge on any atom is 0.162 e. The van der Waals surface area contributed by atoms with Crippen LogP contribution in [0.5, 0.6) is 0 Å². The summed E-state index contributed by atoms with van der Waals surface area (Å²) >= 11 is 0. The van der Waals surface area contributed by atoms with Crippen molar-refractivity contribution in [2.24, 2.45) is 0 Å². The first-order valence-electron chi connectivity index (χ1n) is 7.70. The molecular formula is C16H27N3O. The van der Waals surface area contributed by atoms with Crippen molar-refractivity contribution in [1.29, 1.82) is 0 Å². The van der Waals surface area contributed by atoms with E-state index in [9.17, 15) is 0 Å². The first kappa shape index (κ1) is 15.2. The van der Waals surface area contributed by atoms with Crippen LogP contribution in [-0.4, -0.2) is 17.1 Å². The molecule has 1 aromatic heterocycles. The van der Waals surface area contributed by atoms with Gasteiger partial charge in [-0.15, -0.1) is 0 Å². The minimum absolute atomic E-state index is 0.342. The predicted octanol–water partition coefficient (Wildman–Crippen LogP) is 3.69. The fourth-order valence-corrected chi connectivity index (χ4v) is 3.34. The number of aryl methyl sites for hydroxylation is 1. The lowest BCUT2D eigenvalue weighted by molar-refractivity contribution is -0.0352. The van der Waals surface area contributed by atoms with Crippen LogP contribution >= 0.6 is 0 Å². The van der Waals surface area contributed by atoms with E-state index in [1.165, 1.54) is 25.7 Å². The molecule has 0 aromatic carbocycles. The summed E-state index contributed by atoms with van der Waals surface area (Å²) in [5.41, 5.74) is 7.89. The quantitative estimate of drug-likeness (QED) is 0.856. The summed E-state index contributed by atoms with van der Waals surface area (Å²) < 4.78 is 5.87. The van der Waals surface area contributed by atoms with Gasteiger partial charge in [-0.25, -0.2) is 9.97 Å². The summed E-state index contributed by atoms with van der Waals surface area (Å²) in [6.45, 7) is 6.27. The number of hydrogen-bond donors (Lipinski definition) is 1. The van der Waals surface area contributed by atoms with Gasteiger partial charge in [-0.05, 0) is 25.7 Å². The lowest BCUT2D eigenvalue weighted by Crippen LogP contribution is -2.31. The molecule has 0 radical (unpaired) electrons. The second-order valence-electron chi connectivity index (χ2n) is 6.20. The molecule has 4 heteroatoms. The second kappa shape index (κ2) is 6.08. The summed E-state index contributed by atoms with van der Waals surface area (Å²) in [6.07, 6.45) is 6.85. The SMILES string of the molecule is COC1(c2nc(C)c(C(C)C)c(N)n2)CCCCCC1. The molecular weight excluding hydrogens is 250 g/mol. The van der Waals surface area contributed by atoms with Crippen molar-refractivity contribution < 1.29 is 4.74 Å². The Labute approximate surface area is 122 Å². The first-order valence-corrected chi connectivity index (χ1v) is 7.70. The molecule has 1 heterocycles. The van der Waals surface area contributed by atoms with Gasteiger partial charge in [0, 0.05) is 18.4 Å². The van der Waals surface area contributed by atoms with E-state index >= 15 is 0 Å². The topological polar surface area (TPSA) is 61.0 Å². The number of methoxy groups -OCH3 is 1. The van der Waals surface area contributed by atoms with Crippen molar-refractivity contribution >= 4 is 5.82 Å². The molecule has 0 aliphatic heterocycles. The number of aromatic nitrogens is 2. The Kier molecular flexibility index (Phi) is 4.63. The van der Waals surface area contributed by atoms with Crippen LogP contribution in [0.25, 0.3) is 0 Å². The van der Waals surface area contributed by atoms with E-state index in [1.807, 2.05) is 6.92 Å². The molecule has 4 nitrogen and oxygen atoms in total. The monoisotopic (exact) mass is 277 g/mol. The van der Waals surface area contributed by atoms with Crippen molar-refractivity contribution in [3.8, 4) is 0 Å². The molecule has 0 atom stereocenters. The van der Waals surface area contributed by atoms with Gasteiger partial charge in [-0.3, -0.25) is 0 Å². The average molecular weight is 277 g/mol. The minimum atomic E-state index is -0.342. The van der Waals surface area contributed by atoms with Gasteiger partial charge in [0.1, 0.15) is 11.4 Å². The van der Waals surface area contributed by atoms with Gasteiger partial charge in [0.05, 0.1) is 0 Å². The van der Waals surface area contributed by atoms with Crippen LogP contribution in [0.3, 0.4) is 0 Å². The van der Waals surface area contributed by atoms with Crippen LogP contribution < -0.4 is 5.73 Å². The molecule has 20 heavy (non-hydrogen) atoms. The minimum Gasteiger partial charge on any atom is -0.383 e. The number of nitrogens with two attached hydrogens (primary N) is 1. The number of anilines is 1.